The second kappa shape index (κ2) is 7.83. The van der Waals surface area contributed by atoms with Crippen LogP contribution in [0.5, 0.6) is 0 Å². The van der Waals surface area contributed by atoms with Crippen LogP contribution < -0.4 is 11.1 Å². The third-order valence-corrected chi connectivity index (χ3v) is 5.39. The molecular formula is C14H15AsN4O2S. The summed E-state index contributed by atoms with van der Waals surface area (Å²) in [4.78, 5) is 19.5. The molecule has 1 atom stereocenters. The molecule has 1 unspecified atom stereocenters. The summed E-state index contributed by atoms with van der Waals surface area (Å²) in [5.41, 5.74) is 6.37. The van der Waals surface area contributed by atoms with Crippen molar-refractivity contribution in [1.82, 2.24) is 10.3 Å². The van der Waals surface area contributed by atoms with Crippen molar-refractivity contribution in [2.24, 2.45) is 10.7 Å². The first kappa shape index (κ1) is 16.3. The van der Waals surface area contributed by atoms with Crippen molar-refractivity contribution in [3.05, 3.63) is 23.3 Å². The van der Waals surface area contributed by atoms with Crippen LogP contribution in [0.1, 0.15) is 12.7 Å². The van der Waals surface area contributed by atoms with Crippen molar-refractivity contribution >= 4 is 42.8 Å². The SMILES string of the molecule is C#CCN/C(N)=N/c1nc(-c2ccc(C[AsH]C(C)=O)o2)cs1. The van der Waals surface area contributed by atoms with Crippen molar-refractivity contribution in [2.75, 3.05) is 6.54 Å². The number of carbonyl (C=O) groups excluding carboxylic acids is 1. The van der Waals surface area contributed by atoms with Gasteiger partial charge in [-0.2, -0.15) is 0 Å². The van der Waals surface area contributed by atoms with Gasteiger partial charge in [-0.3, -0.25) is 0 Å². The molecule has 2 rings (SSSR count). The zero-order valence-corrected chi connectivity index (χ0v) is 14.8. The first-order valence-corrected chi connectivity index (χ1v) is 9.80. The van der Waals surface area contributed by atoms with Crippen LogP contribution in [0.3, 0.4) is 0 Å². The van der Waals surface area contributed by atoms with Crippen LogP contribution in [0.25, 0.3) is 11.5 Å². The molecule has 2 aromatic heterocycles. The number of nitrogens with two attached hydrogens (primary N) is 1. The predicted octanol–water partition coefficient (Wildman–Crippen LogP) is 1.06. The van der Waals surface area contributed by atoms with E-state index in [1.807, 2.05) is 17.5 Å². The normalized spacial score (nSPS) is 11.7. The fraction of sp³-hybridized carbons (Fsp3) is 0.214. The van der Waals surface area contributed by atoms with Gasteiger partial charge >= 0.3 is 132 Å². The molecule has 0 amide bonds. The van der Waals surface area contributed by atoms with Crippen LogP contribution in [-0.4, -0.2) is 37.8 Å². The van der Waals surface area contributed by atoms with Gasteiger partial charge in [-0.05, 0) is 0 Å². The maximum atomic E-state index is 11.0. The second-order valence-electron chi connectivity index (χ2n) is 4.25. The van der Waals surface area contributed by atoms with Crippen molar-refractivity contribution in [3.8, 4) is 23.8 Å². The van der Waals surface area contributed by atoms with E-state index in [9.17, 15) is 4.79 Å². The molecule has 0 bridgehead atoms. The fourth-order valence-corrected chi connectivity index (χ4v) is 3.51. The summed E-state index contributed by atoms with van der Waals surface area (Å²) < 4.78 is 5.97. The molecule has 0 aromatic carbocycles. The van der Waals surface area contributed by atoms with Gasteiger partial charge in [0.2, 0.25) is 0 Å². The Balaban J connectivity index is 2.05. The number of nitrogens with one attached hydrogen (secondary N) is 1. The number of furan rings is 1. The molecule has 0 saturated carbocycles. The molecule has 22 heavy (non-hydrogen) atoms. The third kappa shape index (κ3) is 4.76. The van der Waals surface area contributed by atoms with Crippen molar-refractivity contribution in [1.29, 1.82) is 0 Å². The molecule has 3 N–H and O–H groups in total. The van der Waals surface area contributed by atoms with E-state index in [1.165, 1.54) is 11.3 Å². The van der Waals surface area contributed by atoms with E-state index in [0.717, 1.165) is 5.76 Å². The Hall–Kier alpha value is -2.03. The monoisotopic (exact) mass is 378 g/mol. The molecule has 2 aromatic rings. The van der Waals surface area contributed by atoms with Gasteiger partial charge in [0, 0.05) is 0 Å². The van der Waals surface area contributed by atoms with Gasteiger partial charge in [-0.1, -0.05) is 0 Å². The van der Waals surface area contributed by atoms with E-state index in [1.54, 1.807) is 6.92 Å². The number of aliphatic imine (C=N–C) groups is 1. The minimum atomic E-state index is -0.628. The summed E-state index contributed by atoms with van der Waals surface area (Å²) >= 11 is 0.729. The van der Waals surface area contributed by atoms with Gasteiger partial charge in [0.25, 0.3) is 0 Å². The number of hydrogen-bond donors (Lipinski definition) is 2. The van der Waals surface area contributed by atoms with E-state index in [2.05, 4.69) is 21.2 Å². The van der Waals surface area contributed by atoms with Gasteiger partial charge in [-0.25, -0.2) is 0 Å². The molecule has 2 heterocycles. The molecule has 0 fully saturated rings. The summed E-state index contributed by atoms with van der Waals surface area (Å²) in [6, 6.07) is 3.73. The summed E-state index contributed by atoms with van der Waals surface area (Å²) in [6.07, 6.45) is 5.13. The standard InChI is InChI=1S/C14H15AsN4O2S/c1-3-6-17-13(16)19-14-18-11(8-22-14)12-5-4-10(21-12)7-15-9(2)20/h1,4-5,8,15H,6-7H2,2H3,(H3,16,17,18,19). The molecule has 8 heteroatoms. The average Bonchev–Trinajstić information content (AvgIpc) is 3.11. The first-order valence-electron chi connectivity index (χ1n) is 6.39. The van der Waals surface area contributed by atoms with E-state index in [-0.39, 0.29) is 10.5 Å². The Morgan fingerprint density at radius 2 is 2.45 bits per heavy atom. The molecule has 0 aliphatic heterocycles. The van der Waals surface area contributed by atoms with Gasteiger partial charge < -0.3 is 0 Å². The zero-order chi connectivity index (χ0) is 15.9. The minimum absolute atomic E-state index is 0.228. The van der Waals surface area contributed by atoms with Crippen LogP contribution >= 0.6 is 11.3 Å². The van der Waals surface area contributed by atoms with Crippen LogP contribution in [0, 0.1) is 12.3 Å². The Kier molecular flexibility index (Phi) is 5.82. The molecule has 6 nitrogen and oxygen atoms in total. The van der Waals surface area contributed by atoms with Gasteiger partial charge in [-0.15, -0.1) is 6.42 Å². The molecular weight excluding hydrogens is 363 g/mol. The quantitative estimate of drug-likeness (QED) is 0.339. The number of carbonyl (C=O) groups is 1. The summed E-state index contributed by atoms with van der Waals surface area (Å²) in [6.45, 7) is 1.93. The van der Waals surface area contributed by atoms with E-state index < -0.39 is 15.8 Å². The van der Waals surface area contributed by atoms with E-state index in [0.29, 0.717) is 28.3 Å². The molecule has 0 radical (unpaired) electrons. The van der Waals surface area contributed by atoms with Crippen LogP contribution in [-0.2, 0) is 10.0 Å². The average molecular weight is 378 g/mol. The summed E-state index contributed by atoms with van der Waals surface area (Å²) in [7, 11) is 0. The zero-order valence-electron chi connectivity index (χ0n) is 11.9. The Labute approximate surface area is 138 Å². The molecule has 0 spiro atoms. The number of nitrogens with zero attached hydrogens (tertiary/aromatic N) is 2. The number of rotatable bonds is 6. The third-order valence-electron chi connectivity index (χ3n) is 2.51. The van der Waals surface area contributed by atoms with Crippen LogP contribution in [0.4, 0.5) is 5.13 Å². The van der Waals surface area contributed by atoms with E-state index in [4.69, 9.17) is 16.6 Å². The molecule has 0 aliphatic carbocycles. The topological polar surface area (TPSA) is 93.5 Å². The molecule has 0 saturated heterocycles. The Morgan fingerprint density at radius 1 is 1.64 bits per heavy atom. The Bertz CT molecular complexity index is 729. The number of thiazole rings is 1. The van der Waals surface area contributed by atoms with Crippen LogP contribution in [0.2, 0.25) is 0 Å². The van der Waals surface area contributed by atoms with Gasteiger partial charge in [0.1, 0.15) is 0 Å². The number of terminal acetylenes is 1. The van der Waals surface area contributed by atoms with Crippen molar-refractivity contribution in [3.63, 3.8) is 0 Å². The first-order chi connectivity index (χ1) is 10.6. The maximum absolute atomic E-state index is 11.0. The van der Waals surface area contributed by atoms with Crippen molar-refractivity contribution < 1.29 is 9.21 Å². The number of hydrogen-bond acceptors (Lipinski definition) is 5. The molecule has 0 aliphatic rings. The van der Waals surface area contributed by atoms with E-state index >= 15 is 0 Å². The summed E-state index contributed by atoms with van der Waals surface area (Å²) in [5.74, 6) is 4.12. The van der Waals surface area contributed by atoms with Crippen LogP contribution in [0.15, 0.2) is 26.9 Å². The van der Waals surface area contributed by atoms with Gasteiger partial charge in [0.05, 0.1) is 0 Å². The Morgan fingerprint density at radius 3 is 3.18 bits per heavy atom. The van der Waals surface area contributed by atoms with Gasteiger partial charge in [0.15, 0.2) is 0 Å². The number of guanidine groups is 1. The number of aromatic nitrogens is 1. The van der Waals surface area contributed by atoms with Crippen molar-refractivity contribution in [2.45, 2.75) is 12.1 Å². The predicted molar refractivity (Wildman–Crippen MR) is 89.5 cm³/mol. The second-order valence-corrected chi connectivity index (χ2v) is 8.04. The molecule has 114 valence electrons. The fourth-order valence-electron chi connectivity index (χ4n) is 1.54. The summed E-state index contributed by atoms with van der Waals surface area (Å²) in [5, 5.41) is 5.85.